The fourth-order valence-electron chi connectivity index (χ4n) is 2.32. The van der Waals surface area contributed by atoms with Crippen molar-refractivity contribution in [2.45, 2.75) is 45.3 Å². The van der Waals surface area contributed by atoms with Crippen LogP contribution in [-0.2, 0) is 4.74 Å². The van der Waals surface area contributed by atoms with Crippen molar-refractivity contribution in [3.63, 3.8) is 0 Å². The maximum atomic E-state index is 12.2. The molecule has 0 spiro atoms. The van der Waals surface area contributed by atoms with Crippen molar-refractivity contribution in [3.8, 4) is 5.75 Å². The summed E-state index contributed by atoms with van der Waals surface area (Å²) in [6.45, 7) is 6.40. The lowest BCUT2D eigenvalue weighted by molar-refractivity contribution is 0.0186. The van der Waals surface area contributed by atoms with Gasteiger partial charge in [0.25, 0.3) is 0 Å². The van der Waals surface area contributed by atoms with Gasteiger partial charge in [0.1, 0.15) is 18.0 Å². The standard InChI is InChI=1S/C15H21NO5S/c1-15(2,3)21-14(19)16-7-4-5-10(16)9-20-11-6-8-22-12(11)13(17)18/h6,8,10H,4-5,7,9H2,1-3H3,(H,17,18). The predicted octanol–water partition coefficient (Wildman–Crippen LogP) is 3.22. The van der Waals surface area contributed by atoms with Crippen LogP contribution in [0.25, 0.3) is 0 Å². The molecule has 0 saturated carbocycles. The quantitative estimate of drug-likeness (QED) is 0.919. The van der Waals surface area contributed by atoms with E-state index in [-0.39, 0.29) is 23.6 Å². The molecule has 1 N–H and O–H groups in total. The summed E-state index contributed by atoms with van der Waals surface area (Å²) in [4.78, 5) is 25.1. The molecule has 1 unspecified atom stereocenters. The number of thiophene rings is 1. The van der Waals surface area contributed by atoms with Crippen molar-refractivity contribution in [3.05, 3.63) is 16.3 Å². The average Bonchev–Trinajstić information content (AvgIpc) is 3.03. The van der Waals surface area contributed by atoms with E-state index in [1.807, 2.05) is 20.8 Å². The third-order valence-corrected chi connectivity index (χ3v) is 4.14. The SMILES string of the molecule is CC(C)(C)OC(=O)N1CCCC1COc1ccsc1C(=O)O. The van der Waals surface area contributed by atoms with Crippen LogP contribution < -0.4 is 4.74 Å². The molecule has 0 aromatic carbocycles. The second-order valence-electron chi connectivity index (χ2n) is 6.20. The number of hydrogen-bond acceptors (Lipinski definition) is 5. The van der Waals surface area contributed by atoms with E-state index >= 15 is 0 Å². The van der Waals surface area contributed by atoms with E-state index in [0.29, 0.717) is 12.3 Å². The van der Waals surface area contributed by atoms with E-state index in [9.17, 15) is 9.59 Å². The van der Waals surface area contributed by atoms with E-state index < -0.39 is 11.6 Å². The molecule has 1 fully saturated rings. The summed E-state index contributed by atoms with van der Waals surface area (Å²) >= 11 is 1.13. The second kappa shape index (κ2) is 6.56. The number of amides is 1. The minimum Gasteiger partial charge on any atom is -0.490 e. The molecule has 1 aromatic rings. The van der Waals surface area contributed by atoms with Crippen molar-refractivity contribution >= 4 is 23.4 Å². The number of carboxylic acids is 1. The van der Waals surface area contributed by atoms with Crippen LogP contribution in [-0.4, -0.2) is 46.9 Å². The lowest BCUT2D eigenvalue weighted by atomic mass is 10.2. The predicted molar refractivity (Wildman–Crippen MR) is 82.7 cm³/mol. The normalized spacial score (nSPS) is 18.3. The fourth-order valence-corrected chi connectivity index (χ4v) is 2.99. The Morgan fingerprint density at radius 2 is 2.18 bits per heavy atom. The number of carbonyl (C=O) groups excluding carboxylic acids is 1. The molecule has 1 aromatic heterocycles. The van der Waals surface area contributed by atoms with Crippen molar-refractivity contribution < 1.29 is 24.2 Å². The molecule has 0 aliphatic carbocycles. The van der Waals surface area contributed by atoms with E-state index in [1.165, 1.54) is 0 Å². The van der Waals surface area contributed by atoms with Gasteiger partial charge in [-0.2, -0.15) is 0 Å². The third-order valence-electron chi connectivity index (χ3n) is 3.26. The number of nitrogens with zero attached hydrogens (tertiary/aromatic N) is 1. The van der Waals surface area contributed by atoms with Gasteiger partial charge in [-0.15, -0.1) is 11.3 Å². The highest BCUT2D eigenvalue weighted by atomic mass is 32.1. The maximum Gasteiger partial charge on any atom is 0.410 e. The van der Waals surface area contributed by atoms with Crippen LogP contribution in [0.15, 0.2) is 11.4 Å². The zero-order chi connectivity index (χ0) is 16.3. The first-order chi connectivity index (χ1) is 10.3. The molecule has 0 bridgehead atoms. The highest BCUT2D eigenvalue weighted by Crippen LogP contribution is 2.27. The highest BCUT2D eigenvalue weighted by Gasteiger charge is 2.32. The zero-order valence-electron chi connectivity index (χ0n) is 13.0. The number of rotatable bonds is 4. The number of ether oxygens (including phenoxy) is 2. The van der Waals surface area contributed by atoms with Crippen molar-refractivity contribution in [1.82, 2.24) is 4.90 Å². The Balaban J connectivity index is 1.95. The zero-order valence-corrected chi connectivity index (χ0v) is 13.8. The molecular formula is C15H21NO5S. The topological polar surface area (TPSA) is 76.1 Å². The minimum absolute atomic E-state index is 0.0867. The molecule has 1 aliphatic heterocycles. The van der Waals surface area contributed by atoms with Crippen LogP contribution in [0.3, 0.4) is 0 Å². The summed E-state index contributed by atoms with van der Waals surface area (Å²) in [6, 6.07) is 1.55. The summed E-state index contributed by atoms with van der Waals surface area (Å²) in [5.41, 5.74) is -0.533. The number of likely N-dealkylation sites (tertiary alicyclic amines) is 1. The Morgan fingerprint density at radius 3 is 2.82 bits per heavy atom. The second-order valence-corrected chi connectivity index (χ2v) is 7.12. The van der Waals surface area contributed by atoms with E-state index in [2.05, 4.69) is 0 Å². The van der Waals surface area contributed by atoms with Gasteiger partial charge in [-0.3, -0.25) is 0 Å². The Hall–Kier alpha value is -1.76. The first-order valence-corrected chi connectivity index (χ1v) is 8.09. The number of carboxylic acid groups (broad SMARTS) is 1. The van der Waals surface area contributed by atoms with Gasteiger partial charge in [0.15, 0.2) is 4.88 Å². The fraction of sp³-hybridized carbons (Fsp3) is 0.600. The molecule has 7 heteroatoms. The summed E-state index contributed by atoms with van der Waals surface area (Å²) < 4.78 is 11.0. The monoisotopic (exact) mass is 327 g/mol. The number of carbonyl (C=O) groups is 2. The minimum atomic E-state index is -1.000. The lowest BCUT2D eigenvalue weighted by Gasteiger charge is -2.28. The number of hydrogen-bond donors (Lipinski definition) is 1. The molecule has 6 nitrogen and oxygen atoms in total. The lowest BCUT2D eigenvalue weighted by Crippen LogP contribution is -2.42. The van der Waals surface area contributed by atoms with Crippen molar-refractivity contribution in [1.29, 1.82) is 0 Å². The van der Waals surface area contributed by atoms with Crippen molar-refractivity contribution in [2.75, 3.05) is 13.2 Å². The first kappa shape index (κ1) is 16.6. The first-order valence-electron chi connectivity index (χ1n) is 7.21. The summed E-state index contributed by atoms with van der Waals surface area (Å²) in [7, 11) is 0. The molecule has 1 saturated heterocycles. The van der Waals surface area contributed by atoms with Crippen molar-refractivity contribution in [2.24, 2.45) is 0 Å². The number of aromatic carboxylic acids is 1. The molecule has 2 heterocycles. The molecule has 122 valence electrons. The van der Waals surface area contributed by atoms with Crippen LogP contribution in [0.5, 0.6) is 5.75 Å². The van der Waals surface area contributed by atoms with Crippen LogP contribution in [0.4, 0.5) is 4.79 Å². The molecule has 0 radical (unpaired) electrons. The Morgan fingerprint density at radius 1 is 1.45 bits per heavy atom. The van der Waals surface area contributed by atoms with E-state index in [1.54, 1.807) is 16.3 Å². The maximum absolute atomic E-state index is 12.2. The highest BCUT2D eigenvalue weighted by molar-refractivity contribution is 7.12. The largest absolute Gasteiger partial charge is 0.490 e. The van der Waals surface area contributed by atoms with Gasteiger partial charge in [0.2, 0.25) is 0 Å². The summed E-state index contributed by atoms with van der Waals surface area (Å²) in [5.74, 6) is -0.644. The Labute approximate surface area is 133 Å². The van der Waals surface area contributed by atoms with Gasteiger partial charge in [0.05, 0.1) is 6.04 Å². The third kappa shape index (κ3) is 4.13. The van der Waals surface area contributed by atoms with Crippen LogP contribution in [0.2, 0.25) is 0 Å². The van der Waals surface area contributed by atoms with Crippen LogP contribution in [0, 0.1) is 0 Å². The molecule has 22 heavy (non-hydrogen) atoms. The summed E-state index contributed by atoms with van der Waals surface area (Å²) in [5, 5.41) is 10.7. The molecular weight excluding hydrogens is 306 g/mol. The van der Waals surface area contributed by atoms with Gasteiger partial charge in [0, 0.05) is 6.54 Å². The summed E-state index contributed by atoms with van der Waals surface area (Å²) in [6.07, 6.45) is 1.37. The van der Waals surface area contributed by atoms with Gasteiger partial charge in [-0.1, -0.05) is 0 Å². The van der Waals surface area contributed by atoms with Gasteiger partial charge >= 0.3 is 12.1 Å². The molecule has 2 rings (SSSR count). The Bertz CT molecular complexity index is 548. The molecule has 1 aliphatic rings. The van der Waals surface area contributed by atoms with Crippen LogP contribution in [0.1, 0.15) is 43.3 Å². The van der Waals surface area contributed by atoms with Gasteiger partial charge in [-0.25, -0.2) is 9.59 Å². The van der Waals surface area contributed by atoms with Crippen LogP contribution >= 0.6 is 11.3 Å². The average molecular weight is 327 g/mol. The van der Waals surface area contributed by atoms with Gasteiger partial charge in [-0.05, 0) is 45.1 Å². The van der Waals surface area contributed by atoms with Gasteiger partial charge < -0.3 is 19.5 Å². The van der Waals surface area contributed by atoms with E-state index in [4.69, 9.17) is 14.6 Å². The molecule has 1 atom stereocenters. The smallest absolute Gasteiger partial charge is 0.410 e. The Kier molecular flexibility index (Phi) is 4.95. The van der Waals surface area contributed by atoms with E-state index in [0.717, 1.165) is 24.2 Å². The molecule has 1 amide bonds.